The highest BCUT2D eigenvalue weighted by atomic mass is 16.5. The first-order valence-electron chi connectivity index (χ1n) is 10.0. The fraction of sp³-hybridized carbons (Fsp3) is 0.208. The number of rotatable bonds is 7. The standard InChI is InChI=1S/C24H24N4O3/c1-16-9-10-17(2)22(11-16)30-15-21-18(3)31-27-23(21)24(29)26-20-12-25-28(14-20)13-19-7-5-4-6-8-19/h4-12,14H,13,15H2,1-3H3,(H,26,29). The van der Waals surface area contributed by atoms with Gasteiger partial charge in [0.2, 0.25) is 0 Å². The number of nitrogens with zero attached hydrogens (tertiary/aromatic N) is 3. The predicted octanol–water partition coefficient (Wildman–Crippen LogP) is 4.68. The highest BCUT2D eigenvalue weighted by Gasteiger charge is 2.21. The summed E-state index contributed by atoms with van der Waals surface area (Å²) < 4.78 is 13.0. The molecule has 0 fully saturated rings. The van der Waals surface area contributed by atoms with E-state index in [0.29, 0.717) is 23.6 Å². The third-order valence-corrected chi connectivity index (χ3v) is 4.99. The molecule has 0 bridgehead atoms. The number of aryl methyl sites for hydroxylation is 3. The van der Waals surface area contributed by atoms with Gasteiger partial charge in [-0.05, 0) is 43.5 Å². The van der Waals surface area contributed by atoms with Gasteiger partial charge in [0.05, 0.1) is 24.0 Å². The number of hydrogen-bond acceptors (Lipinski definition) is 5. The maximum absolute atomic E-state index is 12.8. The molecule has 0 unspecified atom stereocenters. The Labute approximate surface area is 180 Å². The van der Waals surface area contributed by atoms with Gasteiger partial charge < -0.3 is 14.6 Å². The van der Waals surface area contributed by atoms with E-state index in [1.165, 1.54) is 0 Å². The Balaban J connectivity index is 1.44. The number of benzene rings is 2. The number of ether oxygens (including phenoxy) is 1. The molecule has 158 valence electrons. The Bertz CT molecular complexity index is 1190. The quantitative estimate of drug-likeness (QED) is 0.473. The van der Waals surface area contributed by atoms with Crippen LogP contribution in [0.1, 0.15) is 38.5 Å². The number of amides is 1. The Kier molecular flexibility index (Phi) is 5.84. The Morgan fingerprint density at radius 2 is 1.94 bits per heavy atom. The van der Waals surface area contributed by atoms with Gasteiger partial charge in [0, 0.05) is 6.20 Å². The minimum Gasteiger partial charge on any atom is -0.488 e. The van der Waals surface area contributed by atoms with Gasteiger partial charge in [-0.25, -0.2) is 0 Å². The van der Waals surface area contributed by atoms with Crippen molar-refractivity contribution in [1.82, 2.24) is 14.9 Å². The molecule has 0 aliphatic rings. The molecule has 2 aromatic carbocycles. The average molecular weight is 416 g/mol. The van der Waals surface area contributed by atoms with Crippen LogP contribution in [-0.4, -0.2) is 20.8 Å². The van der Waals surface area contributed by atoms with Gasteiger partial charge in [-0.3, -0.25) is 9.48 Å². The summed E-state index contributed by atoms with van der Waals surface area (Å²) in [5.41, 5.74) is 4.67. The first-order valence-corrected chi connectivity index (χ1v) is 10.0. The van der Waals surface area contributed by atoms with E-state index in [2.05, 4.69) is 15.6 Å². The zero-order valence-electron chi connectivity index (χ0n) is 17.8. The van der Waals surface area contributed by atoms with Gasteiger partial charge in [0.25, 0.3) is 5.91 Å². The van der Waals surface area contributed by atoms with Gasteiger partial charge in [0.15, 0.2) is 5.69 Å². The van der Waals surface area contributed by atoms with Gasteiger partial charge in [-0.15, -0.1) is 0 Å². The molecule has 7 heteroatoms. The molecule has 0 radical (unpaired) electrons. The molecule has 0 atom stereocenters. The van der Waals surface area contributed by atoms with Gasteiger partial charge in [-0.1, -0.05) is 47.6 Å². The minimum absolute atomic E-state index is 0.190. The average Bonchev–Trinajstić information content (AvgIpc) is 3.35. The largest absolute Gasteiger partial charge is 0.488 e. The molecule has 2 heterocycles. The van der Waals surface area contributed by atoms with Crippen molar-refractivity contribution in [3.63, 3.8) is 0 Å². The van der Waals surface area contributed by atoms with Crippen LogP contribution in [0.5, 0.6) is 5.75 Å². The summed E-state index contributed by atoms with van der Waals surface area (Å²) in [5.74, 6) is 0.958. The molecule has 0 spiro atoms. The third kappa shape index (κ3) is 4.83. The Morgan fingerprint density at radius 1 is 1.13 bits per heavy atom. The molecule has 1 amide bonds. The lowest BCUT2D eigenvalue weighted by Crippen LogP contribution is -2.15. The summed E-state index contributed by atoms with van der Waals surface area (Å²) >= 11 is 0. The summed E-state index contributed by atoms with van der Waals surface area (Å²) in [7, 11) is 0. The molecule has 4 rings (SSSR count). The number of nitrogens with one attached hydrogen (secondary N) is 1. The second-order valence-corrected chi connectivity index (χ2v) is 7.49. The van der Waals surface area contributed by atoms with Crippen LogP contribution >= 0.6 is 0 Å². The summed E-state index contributed by atoms with van der Waals surface area (Å²) in [6, 6.07) is 16.0. The smallest absolute Gasteiger partial charge is 0.278 e. The number of carbonyl (C=O) groups excluding carboxylic acids is 1. The molecular formula is C24H24N4O3. The Hall–Kier alpha value is -3.87. The van der Waals surface area contributed by atoms with E-state index in [1.807, 2.05) is 62.4 Å². The van der Waals surface area contributed by atoms with Crippen LogP contribution in [-0.2, 0) is 13.2 Å². The fourth-order valence-corrected chi connectivity index (χ4v) is 3.23. The van der Waals surface area contributed by atoms with Crippen LogP contribution in [0.4, 0.5) is 5.69 Å². The van der Waals surface area contributed by atoms with Crippen LogP contribution in [0, 0.1) is 20.8 Å². The number of carbonyl (C=O) groups is 1. The van der Waals surface area contributed by atoms with Crippen LogP contribution < -0.4 is 10.1 Å². The molecule has 0 saturated heterocycles. The predicted molar refractivity (Wildman–Crippen MR) is 117 cm³/mol. The maximum atomic E-state index is 12.8. The molecule has 0 aliphatic heterocycles. The molecule has 0 aliphatic carbocycles. The van der Waals surface area contributed by atoms with Gasteiger partial charge in [-0.2, -0.15) is 5.10 Å². The fourth-order valence-electron chi connectivity index (χ4n) is 3.23. The third-order valence-electron chi connectivity index (χ3n) is 4.99. The summed E-state index contributed by atoms with van der Waals surface area (Å²) in [6.45, 7) is 6.57. The highest BCUT2D eigenvalue weighted by Crippen LogP contribution is 2.23. The SMILES string of the molecule is Cc1ccc(C)c(OCc2c(C(=O)Nc3cnn(Cc4ccccc4)c3)noc2C)c1. The summed E-state index contributed by atoms with van der Waals surface area (Å²) in [5, 5.41) is 11.1. The van der Waals surface area contributed by atoms with Gasteiger partial charge in [0.1, 0.15) is 18.1 Å². The van der Waals surface area contributed by atoms with Crippen molar-refractivity contribution in [2.75, 3.05) is 5.32 Å². The van der Waals surface area contributed by atoms with E-state index in [-0.39, 0.29) is 18.2 Å². The lowest BCUT2D eigenvalue weighted by Gasteiger charge is -2.10. The van der Waals surface area contributed by atoms with Crippen molar-refractivity contribution in [1.29, 1.82) is 0 Å². The van der Waals surface area contributed by atoms with Crippen LogP contribution in [0.25, 0.3) is 0 Å². The van der Waals surface area contributed by atoms with E-state index in [0.717, 1.165) is 22.4 Å². The number of aromatic nitrogens is 3. The topological polar surface area (TPSA) is 82.2 Å². The van der Waals surface area contributed by atoms with Crippen molar-refractivity contribution in [3.05, 3.63) is 94.6 Å². The van der Waals surface area contributed by atoms with E-state index in [1.54, 1.807) is 24.0 Å². The molecule has 2 aromatic heterocycles. The van der Waals surface area contributed by atoms with Crippen molar-refractivity contribution >= 4 is 11.6 Å². The first kappa shape index (κ1) is 20.4. The second kappa shape index (κ2) is 8.87. The van der Waals surface area contributed by atoms with Crippen molar-refractivity contribution in [2.24, 2.45) is 0 Å². The number of anilines is 1. The van der Waals surface area contributed by atoms with E-state index in [4.69, 9.17) is 9.26 Å². The molecule has 7 nitrogen and oxygen atoms in total. The van der Waals surface area contributed by atoms with Crippen LogP contribution in [0.2, 0.25) is 0 Å². The Morgan fingerprint density at radius 3 is 2.74 bits per heavy atom. The highest BCUT2D eigenvalue weighted by molar-refractivity contribution is 6.03. The van der Waals surface area contributed by atoms with Crippen LogP contribution in [0.3, 0.4) is 0 Å². The van der Waals surface area contributed by atoms with E-state index >= 15 is 0 Å². The zero-order valence-corrected chi connectivity index (χ0v) is 17.8. The molecule has 4 aromatic rings. The van der Waals surface area contributed by atoms with E-state index < -0.39 is 0 Å². The lowest BCUT2D eigenvalue weighted by atomic mass is 10.1. The number of hydrogen-bond donors (Lipinski definition) is 1. The maximum Gasteiger partial charge on any atom is 0.278 e. The van der Waals surface area contributed by atoms with Crippen molar-refractivity contribution < 1.29 is 14.1 Å². The normalized spacial score (nSPS) is 10.8. The summed E-state index contributed by atoms with van der Waals surface area (Å²) in [6.07, 6.45) is 3.39. The van der Waals surface area contributed by atoms with Gasteiger partial charge >= 0.3 is 0 Å². The first-order chi connectivity index (χ1) is 15.0. The van der Waals surface area contributed by atoms with Crippen molar-refractivity contribution in [3.8, 4) is 5.75 Å². The molecule has 31 heavy (non-hydrogen) atoms. The lowest BCUT2D eigenvalue weighted by molar-refractivity contribution is 0.101. The molecule has 1 N–H and O–H groups in total. The zero-order chi connectivity index (χ0) is 21.8. The molecular weight excluding hydrogens is 392 g/mol. The second-order valence-electron chi connectivity index (χ2n) is 7.49. The van der Waals surface area contributed by atoms with Crippen LogP contribution in [0.15, 0.2) is 65.4 Å². The summed E-state index contributed by atoms with van der Waals surface area (Å²) in [4.78, 5) is 12.8. The minimum atomic E-state index is -0.365. The molecule has 0 saturated carbocycles. The van der Waals surface area contributed by atoms with Crippen molar-refractivity contribution in [2.45, 2.75) is 33.9 Å². The monoisotopic (exact) mass is 416 g/mol. The van der Waals surface area contributed by atoms with E-state index in [9.17, 15) is 4.79 Å².